The lowest BCUT2D eigenvalue weighted by Gasteiger charge is -2.16. The van der Waals surface area contributed by atoms with Gasteiger partial charge in [0, 0.05) is 11.6 Å². The van der Waals surface area contributed by atoms with Crippen LogP contribution in [-0.4, -0.2) is 14.8 Å². The molecule has 0 aliphatic heterocycles. The molecule has 0 saturated carbocycles. The molecule has 21 heavy (non-hydrogen) atoms. The van der Waals surface area contributed by atoms with E-state index < -0.39 is 0 Å². The second kappa shape index (κ2) is 6.45. The van der Waals surface area contributed by atoms with Crippen LogP contribution in [0.15, 0.2) is 24.8 Å². The topological polar surface area (TPSA) is 42.8 Å². The highest BCUT2D eigenvalue weighted by Gasteiger charge is 2.16. The number of nitrogens with one attached hydrogen (secondary N) is 1. The summed E-state index contributed by atoms with van der Waals surface area (Å²) in [5.74, 6) is 1.51. The molecule has 0 amide bonds. The maximum absolute atomic E-state index is 6.17. The Bertz CT molecular complexity index is 697. The van der Waals surface area contributed by atoms with E-state index in [0.717, 1.165) is 27.7 Å². The van der Waals surface area contributed by atoms with Crippen LogP contribution in [0.5, 0.6) is 5.75 Å². The quantitative estimate of drug-likeness (QED) is 0.649. The summed E-state index contributed by atoms with van der Waals surface area (Å²) in [5.41, 5.74) is 1.98. The maximum Gasteiger partial charge on any atom is 0.195 e. The lowest BCUT2D eigenvalue weighted by Crippen LogP contribution is -2.11. The van der Waals surface area contributed by atoms with E-state index in [0.29, 0.717) is 11.3 Å². The van der Waals surface area contributed by atoms with Gasteiger partial charge in [0.1, 0.15) is 5.75 Å². The molecule has 1 aromatic carbocycles. The molecule has 0 aliphatic rings. The molecule has 0 bridgehead atoms. The van der Waals surface area contributed by atoms with Gasteiger partial charge in [0.25, 0.3) is 0 Å². The van der Waals surface area contributed by atoms with E-state index in [9.17, 15) is 0 Å². The summed E-state index contributed by atoms with van der Waals surface area (Å²) in [6.07, 6.45) is 1.54. The number of nitrogens with zero attached hydrogens (tertiary/aromatic N) is 2. The fourth-order valence-electron chi connectivity index (χ4n) is 2.18. The van der Waals surface area contributed by atoms with E-state index in [1.807, 2.05) is 37.5 Å². The number of H-pyrrole nitrogens is 1. The molecule has 0 saturated heterocycles. The molecule has 0 unspecified atom stereocenters. The Morgan fingerprint density at radius 1 is 1.48 bits per heavy atom. The van der Waals surface area contributed by atoms with Crippen molar-refractivity contribution in [3.63, 3.8) is 0 Å². The summed E-state index contributed by atoms with van der Waals surface area (Å²) in [5, 5.41) is 7.80. The van der Waals surface area contributed by atoms with Crippen molar-refractivity contribution in [2.45, 2.75) is 33.4 Å². The van der Waals surface area contributed by atoms with E-state index in [1.54, 1.807) is 6.08 Å². The van der Waals surface area contributed by atoms with Crippen LogP contribution in [0.2, 0.25) is 5.02 Å². The lowest BCUT2D eigenvalue weighted by molar-refractivity contribution is 0.211. The molecule has 4 nitrogen and oxygen atoms in total. The normalized spacial score (nSPS) is 12.2. The average Bonchev–Trinajstić information content (AvgIpc) is 2.78. The van der Waals surface area contributed by atoms with Gasteiger partial charge >= 0.3 is 0 Å². The summed E-state index contributed by atoms with van der Waals surface area (Å²) < 4.78 is 8.40. The minimum Gasteiger partial charge on any atom is -0.483 e. The number of hydrogen-bond acceptors (Lipinski definition) is 3. The van der Waals surface area contributed by atoms with Gasteiger partial charge in [0.2, 0.25) is 0 Å². The molecular formula is C15H18ClN3OS. The van der Waals surface area contributed by atoms with E-state index in [2.05, 4.69) is 16.8 Å². The van der Waals surface area contributed by atoms with Gasteiger partial charge in [-0.3, -0.25) is 9.67 Å². The van der Waals surface area contributed by atoms with Crippen molar-refractivity contribution in [2.24, 2.45) is 0 Å². The Morgan fingerprint density at radius 3 is 2.67 bits per heavy atom. The summed E-state index contributed by atoms with van der Waals surface area (Å²) in [6.45, 7) is 10.2. The van der Waals surface area contributed by atoms with Crippen molar-refractivity contribution >= 4 is 23.8 Å². The zero-order chi connectivity index (χ0) is 15.6. The molecule has 1 aromatic heterocycles. The molecule has 2 aromatic rings. The fraction of sp³-hybridized carbons (Fsp3) is 0.333. The van der Waals surface area contributed by atoms with Gasteiger partial charge in [0.15, 0.2) is 16.7 Å². The molecule has 0 spiro atoms. The highest BCUT2D eigenvalue weighted by molar-refractivity contribution is 7.71. The smallest absolute Gasteiger partial charge is 0.195 e. The largest absolute Gasteiger partial charge is 0.483 e. The third-order valence-electron chi connectivity index (χ3n) is 3.19. The molecule has 0 aliphatic carbocycles. The maximum atomic E-state index is 6.17. The number of aromatic amines is 1. The van der Waals surface area contributed by atoms with Crippen molar-refractivity contribution < 1.29 is 4.74 Å². The van der Waals surface area contributed by atoms with Crippen LogP contribution < -0.4 is 4.74 Å². The Balaban J connectivity index is 2.28. The number of rotatable bonds is 5. The molecule has 1 atom stereocenters. The summed E-state index contributed by atoms with van der Waals surface area (Å²) >= 11 is 11.4. The van der Waals surface area contributed by atoms with Gasteiger partial charge < -0.3 is 4.74 Å². The number of allylic oxidation sites excluding steroid dienone is 1. The number of benzene rings is 1. The Labute approximate surface area is 134 Å². The summed E-state index contributed by atoms with van der Waals surface area (Å²) in [7, 11) is 0. The van der Waals surface area contributed by atoms with Crippen LogP contribution >= 0.6 is 23.8 Å². The van der Waals surface area contributed by atoms with Crippen molar-refractivity contribution in [3.8, 4) is 5.75 Å². The molecule has 112 valence electrons. The van der Waals surface area contributed by atoms with Crippen LogP contribution in [-0.2, 0) is 6.54 Å². The first-order valence-corrected chi connectivity index (χ1v) is 7.42. The van der Waals surface area contributed by atoms with Gasteiger partial charge in [-0.2, -0.15) is 5.10 Å². The SMILES string of the molecule is C=CCn1c([C@@H](C)Oc2cc(C)c(Cl)c(C)c2)n[nH]c1=S. The molecule has 1 N–H and O–H groups in total. The van der Waals surface area contributed by atoms with Crippen molar-refractivity contribution in [2.75, 3.05) is 0 Å². The predicted octanol–water partition coefficient (Wildman–Crippen LogP) is 4.54. The number of aryl methyl sites for hydroxylation is 2. The first-order valence-electron chi connectivity index (χ1n) is 6.63. The van der Waals surface area contributed by atoms with Crippen LogP contribution in [0.3, 0.4) is 0 Å². The lowest BCUT2D eigenvalue weighted by atomic mass is 10.1. The van der Waals surface area contributed by atoms with Crippen LogP contribution in [0.4, 0.5) is 0 Å². The molecular weight excluding hydrogens is 306 g/mol. The van der Waals surface area contributed by atoms with Crippen LogP contribution in [0.25, 0.3) is 0 Å². The standard InChI is InChI=1S/C15H18ClN3OS/c1-5-6-19-14(17-18-15(19)21)11(4)20-12-7-9(2)13(16)10(3)8-12/h5,7-8,11H,1,6H2,2-4H3,(H,18,21)/t11-/m1/s1. The molecule has 2 rings (SSSR count). The monoisotopic (exact) mass is 323 g/mol. The zero-order valence-electron chi connectivity index (χ0n) is 12.3. The van der Waals surface area contributed by atoms with Gasteiger partial charge in [-0.05, 0) is 56.2 Å². The van der Waals surface area contributed by atoms with E-state index >= 15 is 0 Å². The number of halogens is 1. The Kier molecular flexibility index (Phi) is 4.85. The fourth-order valence-corrected chi connectivity index (χ4v) is 2.50. The minimum absolute atomic E-state index is 0.238. The van der Waals surface area contributed by atoms with Gasteiger partial charge in [-0.25, -0.2) is 0 Å². The Morgan fingerprint density at radius 2 is 2.10 bits per heavy atom. The van der Waals surface area contributed by atoms with Gasteiger partial charge in [0.05, 0.1) is 0 Å². The third kappa shape index (κ3) is 3.36. The first-order chi connectivity index (χ1) is 9.93. The minimum atomic E-state index is -0.238. The average molecular weight is 324 g/mol. The molecule has 6 heteroatoms. The Hall–Kier alpha value is -1.59. The highest BCUT2D eigenvalue weighted by Crippen LogP contribution is 2.28. The van der Waals surface area contributed by atoms with Gasteiger partial charge in [-0.15, -0.1) is 6.58 Å². The van der Waals surface area contributed by atoms with Crippen LogP contribution in [0, 0.1) is 18.6 Å². The van der Waals surface area contributed by atoms with E-state index in [1.165, 1.54) is 0 Å². The number of hydrogen-bond donors (Lipinski definition) is 1. The second-order valence-corrected chi connectivity index (χ2v) is 5.68. The summed E-state index contributed by atoms with van der Waals surface area (Å²) in [4.78, 5) is 0. The van der Waals surface area contributed by atoms with Crippen LogP contribution in [0.1, 0.15) is 30.0 Å². The summed E-state index contributed by atoms with van der Waals surface area (Å²) in [6, 6.07) is 3.84. The van der Waals surface area contributed by atoms with Crippen molar-refractivity contribution in [3.05, 3.63) is 51.5 Å². The van der Waals surface area contributed by atoms with Crippen molar-refractivity contribution in [1.29, 1.82) is 0 Å². The number of ether oxygens (including phenoxy) is 1. The van der Waals surface area contributed by atoms with E-state index in [-0.39, 0.29) is 6.10 Å². The molecule has 1 heterocycles. The molecule has 0 fully saturated rings. The first kappa shape index (κ1) is 15.8. The zero-order valence-corrected chi connectivity index (χ0v) is 13.9. The highest BCUT2D eigenvalue weighted by atomic mass is 35.5. The third-order valence-corrected chi connectivity index (χ3v) is 4.09. The van der Waals surface area contributed by atoms with Crippen molar-refractivity contribution in [1.82, 2.24) is 14.8 Å². The van der Waals surface area contributed by atoms with E-state index in [4.69, 9.17) is 28.6 Å². The molecule has 0 radical (unpaired) electrons. The number of aromatic nitrogens is 3. The second-order valence-electron chi connectivity index (χ2n) is 4.92. The predicted molar refractivity (Wildman–Crippen MR) is 87.6 cm³/mol. The van der Waals surface area contributed by atoms with Gasteiger partial charge in [-0.1, -0.05) is 17.7 Å².